The average Bonchev–Trinajstić information content (AvgIpc) is 3.20. The van der Waals surface area contributed by atoms with Crippen molar-refractivity contribution in [3.8, 4) is 0 Å². The molecule has 3 aliphatic rings. The Balaban J connectivity index is 1.54. The van der Waals surface area contributed by atoms with E-state index >= 15 is 0 Å². The maximum atomic E-state index is 13.3. The van der Waals surface area contributed by atoms with E-state index in [1.807, 2.05) is 0 Å². The summed E-state index contributed by atoms with van der Waals surface area (Å²) in [6.07, 6.45) is -0.205. The molecular formula is C21H24N2O7. The standard InChI is InChI=1S/C21H24N2O7/c1-20(2,3)29-19(27)22-10-13-11-28-9-8-21(13,12-22)18(26)30-23-16(24)14-6-4-5-7-15(14)17(23)25/h4-7,13H,8-12H2,1-3H3/t13-,21+/m0/s1. The summed E-state index contributed by atoms with van der Waals surface area (Å²) in [5.74, 6) is -2.38. The van der Waals surface area contributed by atoms with Crippen molar-refractivity contribution >= 4 is 23.9 Å². The summed E-state index contributed by atoms with van der Waals surface area (Å²) in [7, 11) is 0. The first-order valence-electron chi connectivity index (χ1n) is 9.88. The van der Waals surface area contributed by atoms with Crippen LogP contribution in [0.25, 0.3) is 0 Å². The molecule has 0 saturated carbocycles. The number of benzene rings is 1. The molecule has 1 aromatic rings. The lowest BCUT2D eigenvalue weighted by Gasteiger charge is -2.35. The molecule has 3 amide bonds. The highest BCUT2D eigenvalue weighted by molar-refractivity contribution is 6.20. The van der Waals surface area contributed by atoms with Gasteiger partial charge in [0, 0.05) is 25.6 Å². The molecule has 0 N–H and O–H groups in total. The van der Waals surface area contributed by atoms with E-state index in [-0.39, 0.29) is 36.7 Å². The zero-order valence-electron chi connectivity index (χ0n) is 17.2. The monoisotopic (exact) mass is 416 g/mol. The molecule has 9 heteroatoms. The molecule has 3 heterocycles. The third kappa shape index (κ3) is 3.32. The van der Waals surface area contributed by atoms with E-state index in [4.69, 9.17) is 14.3 Å². The van der Waals surface area contributed by atoms with Gasteiger partial charge in [-0.1, -0.05) is 17.2 Å². The topological polar surface area (TPSA) is 102 Å². The van der Waals surface area contributed by atoms with E-state index in [1.165, 1.54) is 17.0 Å². The molecule has 9 nitrogen and oxygen atoms in total. The molecule has 0 radical (unpaired) electrons. The maximum absolute atomic E-state index is 13.3. The van der Waals surface area contributed by atoms with Crippen molar-refractivity contribution in [2.75, 3.05) is 26.3 Å². The van der Waals surface area contributed by atoms with Crippen LogP contribution in [-0.2, 0) is 19.1 Å². The Morgan fingerprint density at radius 1 is 1.13 bits per heavy atom. The lowest BCUT2D eigenvalue weighted by atomic mass is 9.74. The van der Waals surface area contributed by atoms with E-state index in [2.05, 4.69) is 0 Å². The lowest BCUT2D eigenvalue weighted by molar-refractivity contribution is -0.189. The molecule has 160 valence electrons. The number of nitrogens with zero attached hydrogens (tertiary/aromatic N) is 2. The van der Waals surface area contributed by atoms with E-state index in [0.717, 1.165) is 0 Å². The van der Waals surface area contributed by atoms with Gasteiger partial charge < -0.3 is 19.2 Å². The smallest absolute Gasteiger partial charge is 0.410 e. The van der Waals surface area contributed by atoms with Gasteiger partial charge in [-0.2, -0.15) is 0 Å². The highest BCUT2D eigenvalue weighted by atomic mass is 16.7. The number of amides is 3. The average molecular weight is 416 g/mol. The largest absolute Gasteiger partial charge is 0.444 e. The summed E-state index contributed by atoms with van der Waals surface area (Å²) < 4.78 is 11.0. The van der Waals surface area contributed by atoms with Crippen molar-refractivity contribution in [3.05, 3.63) is 35.4 Å². The predicted octanol–water partition coefficient (Wildman–Crippen LogP) is 2.01. The highest BCUT2D eigenvalue weighted by Crippen LogP contribution is 2.44. The molecule has 0 unspecified atom stereocenters. The Bertz CT molecular complexity index is 887. The van der Waals surface area contributed by atoms with E-state index < -0.39 is 34.9 Å². The molecule has 0 spiro atoms. The van der Waals surface area contributed by atoms with Gasteiger partial charge >= 0.3 is 12.1 Å². The first kappa shape index (κ1) is 20.3. The van der Waals surface area contributed by atoms with Crippen LogP contribution in [0.15, 0.2) is 24.3 Å². The molecule has 0 aromatic heterocycles. The molecule has 0 bridgehead atoms. The molecule has 1 aromatic carbocycles. The van der Waals surface area contributed by atoms with Crippen LogP contribution < -0.4 is 0 Å². The number of hydrogen-bond acceptors (Lipinski definition) is 7. The molecule has 0 aliphatic carbocycles. The lowest BCUT2D eigenvalue weighted by Crippen LogP contribution is -2.49. The van der Waals surface area contributed by atoms with Crippen LogP contribution in [0.4, 0.5) is 4.79 Å². The fourth-order valence-electron chi connectivity index (χ4n) is 4.17. The van der Waals surface area contributed by atoms with Crippen molar-refractivity contribution in [1.82, 2.24) is 9.96 Å². The second-order valence-electron chi connectivity index (χ2n) is 8.87. The summed E-state index contributed by atoms with van der Waals surface area (Å²) >= 11 is 0. The van der Waals surface area contributed by atoms with Crippen molar-refractivity contribution in [2.45, 2.75) is 32.8 Å². The summed E-state index contributed by atoms with van der Waals surface area (Å²) in [5, 5.41) is 0.518. The normalized spacial score (nSPS) is 25.8. The third-order valence-corrected chi connectivity index (χ3v) is 5.70. The van der Waals surface area contributed by atoms with Crippen LogP contribution in [-0.4, -0.2) is 65.7 Å². The van der Waals surface area contributed by atoms with Crippen molar-refractivity contribution in [1.29, 1.82) is 0 Å². The molecule has 4 rings (SSSR count). The number of carbonyl (C=O) groups is 4. The first-order chi connectivity index (χ1) is 14.1. The SMILES string of the molecule is CC(C)(C)OC(=O)N1C[C@H]2COCC[C@@]2(C(=O)ON2C(=O)c3ccccc3C2=O)C1. The minimum Gasteiger partial charge on any atom is -0.444 e. The number of fused-ring (bicyclic) bond motifs is 2. The summed E-state index contributed by atoms with van der Waals surface area (Å²) in [4.78, 5) is 57.8. The second-order valence-corrected chi connectivity index (χ2v) is 8.87. The number of hydrogen-bond donors (Lipinski definition) is 0. The van der Waals surface area contributed by atoms with Gasteiger partial charge in [-0.05, 0) is 39.3 Å². The van der Waals surface area contributed by atoms with Gasteiger partial charge in [0.25, 0.3) is 11.8 Å². The highest BCUT2D eigenvalue weighted by Gasteiger charge is 2.57. The predicted molar refractivity (Wildman–Crippen MR) is 102 cm³/mol. The molecule has 2 saturated heterocycles. The number of carbonyl (C=O) groups excluding carboxylic acids is 4. The third-order valence-electron chi connectivity index (χ3n) is 5.70. The van der Waals surface area contributed by atoms with Gasteiger partial charge in [-0.25, -0.2) is 9.59 Å². The number of rotatable bonds is 2. The van der Waals surface area contributed by atoms with Crippen molar-refractivity contribution in [2.24, 2.45) is 11.3 Å². The number of ether oxygens (including phenoxy) is 2. The number of hydroxylamine groups is 2. The number of imide groups is 1. The zero-order chi connectivity index (χ0) is 21.7. The van der Waals surface area contributed by atoms with Gasteiger partial charge in [0.1, 0.15) is 5.60 Å². The Morgan fingerprint density at radius 3 is 2.37 bits per heavy atom. The van der Waals surface area contributed by atoms with Gasteiger partial charge in [0.15, 0.2) is 0 Å². The van der Waals surface area contributed by atoms with Crippen LogP contribution in [0.2, 0.25) is 0 Å². The second kappa shape index (κ2) is 7.09. The Kier molecular flexibility index (Phi) is 4.80. The summed E-state index contributed by atoms with van der Waals surface area (Å²) in [5.41, 5.74) is -1.35. The van der Waals surface area contributed by atoms with Crippen LogP contribution >= 0.6 is 0 Å². The molecule has 30 heavy (non-hydrogen) atoms. The summed E-state index contributed by atoms with van der Waals surface area (Å²) in [6.45, 7) is 6.24. The van der Waals surface area contributed by atoms with Crippen LogP contribution in [0.5, 0.6) is 0 Å². The van der Waals surface area contributed by atoms with E-state index in [0.29, 0.717) is 18.1 Å². The number of likely N-dealkylation sites (tertiary alicyclic amines) is 1. The molecular weight excluding hydrogens is 392 g/mol. The van der Waals surface area contributed by atoms with Gasteiger partial charge in [0.05, 0.1) is 23.1 Å². The molecule has 2 atom stereocenters. The van der Waals surface area contributed by atoms with Gasteiger partial charge in [-0.15, -0.1) is 0 Å². The van der Waals surface area contributed by atoms with Crippen LogP contribution in [0, 0.1) is 11.3 Å². The molecule has 3 aliphatic heterocycles. The fraction of sp³-hybridized carbons (Fsp3) is 0.524. The molecule has 2 fully saturated rings. The van der Waals surface area contributed by atoms with Crippen molar-refractivity contribution in [3.63, 3.8) is 0 Å². The maximum Gasteiger partial charge on any atom is 0.410 e. The first-order valence-corrected chi connectivity index (χ1v) is 9.88. The van der Waals surface area contributed by atoms with Crippen LogP contribution in [0.1, 0.15) is 47.9 Å². The van der Waals surface area contributed by atoms with E-state index in [9.17, 15) is 19.2 Å². The van der Waals surface area contributed by atoms with E-state index in [1.54, 1.807) is 32.9 Å². The Morgan fingerprint density at radius 2 is 1.77 bits per heavy atom. The Hall–Kier alpha value is -2.94. The fourth-order valence-corrected chi connectivity index (χ4v) is 4.17. The zero-order valence-corrected chi connectivity index (χ0v) is 17.2. The summed E-state index contributed by atoms with van der Waals surface area (Å²) in [6, 6.07) is 6.30. The Labute approximate surface area is 173 Å². The quantitative estimate of drug-likeness (QED) is 0.680. The van der Waals surface area contributed by atoms with Gasteiger partial charge in [-0.3, -0.25) is 9.59 Å². The van der Waals surface area contributed by atoms with Crippen LogP contribution in [0.3, 0.4) is 0 Å². The van der Waals surface area contributed by atoms with Crippen molar-refractivity contribution < 1.29 is 33.5 Å². The minimum absolute atomic E-state index is 0.0813. The minimum atomic E-state index is -1.06. The van der Waals surface area contributed by atoms with Gasteiger partial charge in [0.2, 0.25) is 0 Å².